The Bertz CT molecular complexity index is 855. The van der Waals surface area contributed by atoms with Gasteiger partial charge in [-0.1, -0.05) is 37.5 Å². The van der Waals surface area contributed by atoms with Crippen LogP contribution in [-0.4, -0.2) is 41.8 Å². The molecular formula is C21H24N4O3. The van der Waals surface area contributed by atoms with Gasteiger partial charge in [-0.15, -0.1) is 0 Å². The van der Waals surface area contributed by atoms with Gasteiger partial charge < -0.3 is 15.5 Å². The van der Waals surface area contributed by atoms with Crippen LogP contribution in [0.3, 0.4) is 0 Å². The molecule has 2 heterocycles. The smallest absolute Gasteiger partial charge is 0.312 e. The number of benzene rings is 1. The van der Waals surface area contributed by atoms with Crippen molar-refractivity contribution in [2.24, 2.45) is 5.92 Å². The molecule has 4 rings (SSSR count). The Balaban J connectivity index is 1.48. The molecule has 2 N–H and O–H groups in total. The SMILES string of the molecule is N#C[C@@H]1C[C@@]2(CN1C(=O)C(=O)NCC1CCCCC1)C(=O)Nc1ccccc12. The number of para-hydroxylation sites is 1. The minimum Gasteiger partial charge on any atom is -0.348 e. The average molecular weight is 380 g/mol. The van der Waals surface area contributed by atoms with Crippen LogP contribution >= 0.6 is 0 Å². The second kappa shape index (κ2) is 7.27. The molecule has 1 saturated carbocycles. The van der Waals surface area contributed by atoms with Crippen molar-refractivity contribution < 1.29 is 14.4 Å². The summed E-state index contributed by atoms with van der Waals surface area (Å²) in [6, 6.07) is 8.62. The maximum atomic E-state index is 12.8. The number of rotatable bonds is 2. The molecule has 2 aliphatic heterocycles. The highest BCUT2D eigenvalue weighted by Gasteiger charge is 2.56. The lowest BCUT2D eigenvalue weighted by molar-refractivity contribution is -0.146. The number of fused-ring (bicyclic) bond motifs is 2. The first-order chi connectivity index (χ1) is 13.5. The van der Waals surface area contributed by atoms with Crippen molar-refractivity contribution >= 4 is 23.4 Å². The number of amides is 3. The van der Waals surface area contributed by atoms with Crippen LogP contribution in [0.5, 0.6) is 0 Å². The number of hydrogen-bond acceptors (Lipinski definition) is 4. The highest BCUT2D eigenvalue weighted by Crippen LogP contribution is 2.46. The summed E-state index contributed by atoms with van der Waals surface area (Å²) in [5.74, 6) is -1.22. The van der Waals surface area contributed by atoms with Crippen LogP contribution in [0.15, 0.2) is 24.3 Å². The molecular weight excluding hydrogens is 356 g/mol. The van der Waals surface area contributed by atoms with Gasteiger partial charge in [0.05, 0.1) is 11.5 Å². The maximum absolute atomic E-state index is 12.8. The van der Waals surface area contributed by atoms with E-state index in [9.17, 15) is 19.6 Å². The van der Waals surface area contributed by atoms with Crippen molar-refractivity contribution in [1.82, 2.24) is 10.2 Å². The van der Waals surface area contributed by atoms with Gasteiger partial charge in [-0.05, 0) is 30.4 Å². The largest absolute Gasteiger partial charge is 0.348 e. The predicted molar refractivity (Wildman–Crippen MR) is 102 cm³/mol. The van der Waals surface area contributed by atoms with E-state index in [1.165, 1.54) is 11.3 Å². The van der Waals surface area contributed by atoms with Gasteiger partial charge in [-0.25, -0.2) is 0 Å². The first-order valence-electron chi connectivity index (χ1n) is 9.94. The first-order valence-corrected chi connectivity index (χ1v) is 9.94. The van der Waals surface area contributed by atoms with Crippen LogP contribution in [0.4, 0.5) is 5.69 Å². The van der Waals surface area contributed by atoms with Crippen LogP contribution in [0.2, 0.25) is 0 Å². The molecule has 7 heteroatoms. The fourth-order valence-corrected chi connectivity index (χ4v) is 4.80. The molecule has 1 aromatic carbocycles. The summed E-state index contributed by atoms with van der Waals surface area (Å²) in [6.45, 7) is 0.536. The summed E-state index contributed by atoms with van der Waals surface area (Å²) >= 11 is 0. The first kappa shape index (κ1) is 18.5. The quantitative estimate of drug-likeness (QED) is 0.762. The lowest BCUT2D eigenvalue weighted by Gasteiger charge is -2.24. The molecule has 1 aliphatic carbocycles. The van der Waals surface area contributed by atoms with Gasteiger partial charge in [-0.3, -0.25) is 14.4 Å². The van der Waals surface area contributed by atoms with E-state index >= 15 is 0 Å². The average Bonchev–Trinajstić information content (AvgIpc) is 3.25. The normalized spacial score (nSPS) is 26.6. The minimum absolute atomic E-state index is 0.0454. The molecule has 1 aromatic rings. The summed E-state index contributed by atoms with van der Waals surface area (Å²) in [5.41, 5.74) is 0.537. The Morgan fingerprint density at radius 2 is 2.00 bits per heavy atom. The number of hydrogen-bond donors (Lipinski definition) is 2. The van der Waals surface area contributed by atoms with Crippen LogP contribution in [0.25, 0.3) is 0 Å². The van der Waals surface area contributed by atoms with E-state index in [2.05, 4.69) is 16.7 Å². The van der Waals surface area contributed by atoms with Crippen LogP contribution in [0, 0.1) is 17.2 Å². The summed E-state index contributed by atoms with van der Waals surface area (Å²) < 4.78 is 0. The van der Waals surface area contributed by atoms with E-state index in [1.807, 2.05) is 24.3 Å². The Morgan fingerprint density at radius 3 is 2.75 bits per heavy atom. The third kappa shape index (κ3) is 3.03. The van der Waals surface area contributed by atoms with Gasteiger partial charge in [0.2, 0.25) is 5.91 Å². The van der Waals surface area contributed by atoms with Gasteiger partial charge in [0.25, 0.3) is 0 Å². The maximum Gasteiger partial charge on any atom is 0.312 e. The molecule has 1 spiro atoms. The molecule has 146 valence electrons. The molecule has 0 radical (unpaired) electrons. The van der Waals surface area contributed by atoms with Crippen LogP contribution < -0.4 is 10.6 Å². The number of carbonyl (C=O) groups excluding carboxylic acids is 3. The third-order valence-corrected chi connectivity index (χ3v) is 6.36. The van der Waals surface area contributed by atoms with E-state index in [-0.39, 0.29) is 18.9 Å². The molecule has 0 aromatic heterocycles. The Morgan fingerprint density at radius 1 is 1.25 bits per heavy atom. The fourth-order valence-electron chi connectivity index (χ4n) is 4.80. The molecule has 0 bridgehead atoms. The summed E-state index contributed by atoms with van der Waals surface area (Å²) in [6.07, 6.45) is 5.89. The zero-order valence-corrected chi connectivity index (χ0v) is 15.7. The molecule has 2 atom stereocenters. The molecule has 3 amide bonds. The third-order valence-electron chi connectivity index (χ3n) is 6.36. The van der Waals surface area contributed by atoms with Gasteiger partial charge >= 0.3 is 11.8 Å². The van der Waals surface area contributed by atoms with Crippen molar-refractivity contribution in [2.75, 3.05) is 18.4 Å². The van der Waals surface area contributed by atoms with Gasteiger partial charge in [0, 0.05) is 25.2 Å². The summed E-state index contributed by atoms with van der Waals surface area (Å²) in [4.78, 5) is 39.2. The van der Waals surface area contributed by atoms with Crippen molar-refractivity contribution in [1.29, 1.82) is 5.26 Å². The number of likely N-dealkylation sites (tertiary alicyclic amines) is 1. The second-order valence-corrected chi connectivity index (χ2v) is 8.08. The molecule has 28 heavy (non-hydrogen) atoms. The highest BCUT2D eigenvalue weighted by atomic mass is 16.2. The topological polar surface area (TPSA) is 102 Å². The van der Waals surface area contributed by atoms with Crippen molar-refractivity contribution in [2.45, 2.75) is 50.0 Å². The molecule has 7 nitrogen and oxygen atoms in total. The Hall–Kier alpha value is -2.88. The second-order valence-electron chi connectivity index (χ2n) is 8.08. The number of nitrogens with one attached hydrogen (secondary N) is 2. The Kier molecular flexibility index (Phi) is 4.80. The fraction of sp³-hybridized carbons (Fsp3) is 0.524. The lowest BCUT2D eigenvalue weighted by atomic mass is 9.80. The van der Waals surface area contributed by atoms with Crippen molar-refractivity contribution in [3.05, 3.63) is 29.8 Å². The number of carbonyl (C=O) groups is 3. The number of nitrogens with zero attached hydrogens (tertiary/aromatic N) is 2. The standard InChI is InChI=1S/C21H24N4O3/c22-11-15-10-21(16-8-4-5-9-17(16)24-20(21)28)13-25(15)19(27)18(26)23-12-14-6-2-1-3-7-14/h4-5,8-9,14-15H,1-3,6-7,10,12-13H2,(H,23,26)(H,24,28)/t15-,21-/m0/s1. The van der Waals surface area contributed by atoms with Gasteiger partial charge in [0.1, 0.15) is 6.04 Å². The zero-order valence-electron chi connectivity index (χ0n) is 15.7. The van der Waals surface area contributed by atoms with E-state index in [1.54, 1.807) is 0 Å². The van der Waals surface area contributed by atoms with E-state index < -0.39 is 23.3 Å². The van der Waals surface area contributed by atoms with Crippen molar-refractivity contribution in [3.63, 3.8) is 0 Å². The van der Waals surface area contributed by atoms with E-state index in [0.717, 1.165) is 31.2 Å². The van der Waals surface area contributed by atoms with Gasteiger partial charge in [0.15, 0.2) is 0 Å². The summed E-state index contributed by atoms with van der Waals surface area (Å²) in [7, 11) is 0. The molecule has 2 fully saturated rings. The van der Waals surface area contributed by atoms with Crippen LogP contribution in [-0.2, 0) is 19.8 Å². The predicted octanol–water partition coefficient (Wildman–Crippen LogP) is 1.70. The monoisotopic (exact) mass is 380 g/mol. The van der Waals surface area contributed by atoms with E-state index in [4.69, 9.17) is 0 Å². The number of nitriles is 1. The molecule has 1 saturated heterocycles. The number of anilines is 1. The van der Waals surface area contributed by atoms with Crippen molar-refractivity contribution in [3.8, 4) is 6.07 Å². The van der Waals surface area contributed by atoms with Crippen LogP contribution in [0.1, 0.15) is 44.1 Å². The molecule has 3 aliphatic rings. The Labute approximate surface area is 164 Å². The van der Waals surface area contributed by atoms with Gasteiger partial charge in [-0.2, -0.15) is 5.26 Å². The minimum atomic E-state index is -0.962. The highest BCUT2D eigenvalue weighted by molar-refractivity contribution is 6.35. The zero-order chi connectivity index (χ0) is 19.7. The van der Waals surface area contributed by atoms with E-state index in [0.29, 0.717) is 18.2 Å². The molecule has 0 unspecified atom stereocenters. The summed E-state index contributed by atoms with van der Waals surface area (Å²) in [5, 5.41) is 15.2. The lowest BCUT2D eigenvalue weighted by Crippen LogP contribution is -2.47.